The maximum absolute atomic E-state index is 12.9. The normalized spacial score (nSPS) is 24.0. The van der Waals surface area contributed by atoms with Crippen molar-refractivity contribution in [3.8, 4) is 11.5 Å². The first-order chi connectivity index (χ1) is 16.9. The van der Waals surface area contributed by atoms with Crippen LogP contribution in [0.25, 0.3) is 0 Å². The average molecular weight is 480 g/mol. The van der Waals surface area contributed by atoms with Gasteiger partial charge in [0.2, 0.25) is 0 Å². The molecule has 2 amide bonds. The van der Waals surface area contributed by atoms with Crippen LogP contribution in [0.1, 0.15) is 62.1 Å². The van der Waals surface area contributed by atoms with Crippen LogP contribution < -0.4 is 20.1 Å². The van der Waals surface area contributed by atoms with Gasteiger partial charge < -0.3 is 25.0 Å². The Morgan fingerprint density at radius 1 is 1.11 bits per heavy atom. The van der Waals surface area contributed by atoms with Crippen LogP contribution in [0.4, 0.5) is 10.5 Å². The van der Waals surface area contributed by atoms with E-state index in [1.807, 2.05) is 12.1 Å². The van der Waals surface area contributed by atoms with Crippen LogP contribution in [0, 0.1) is 6.92 Å². The number of aryl methyl sites for hydroxylation is 2. The monoisotopic (exact) mass is 479 g/mol. The number of likely N-dealkylation sites (N-methyl/N-ethyl adjacent to an activating group) is 1. The van der Waals surface area contributed by atoms with Gasteiger partial charge in [0.05, 0.1) is 14.2 Å². The van der Waals surface area contributed by atoms with Gasteiger partial charge in [0.25, 0.3) is 0 Å². The molecule has 3 atom stereocenters. The maximum Gasteiger partial charge on any atom is 0.319 e. The second-order valence-electron chi connectivity index (χ2n) is 10.3. The largest absolute Gasteiger partial charge is 0.493 e. The van der Waals surface area contributed by atoms with E-state index < -0.39 is 0 Å². The van der Waals surface area contributed by atoms with E-state index in [1.54, 1.807) is 14.2 Å². The summed E-state index contributed by atoms with van der Waals surface area (Å²) in [6.45, 7) is 5.33. The molecule has 0 spiro atoms. The Bertz CT molecular complexity index is 1040. The summed E-state index contributed by atoms with van der Waals surface area (Å²) in [7, 11) is 5.57. The number of likely N-dealkylation sites (tertiary alicyclic amines) is 1. The predicted octanol–water partition coefficient (Wildman–Crippen LogP) is 5.67. The zero-order valence-electron chi connectivity index (χ0n) is 21.9. The highest BCUT2D eigenvalue weighted by atomic mass is 16.5. The Labute approximate surface area is 210 Å². The molecule has 0 aromatic heterocycles. The second kappa shape index (κ2) is 10.9. The van der Waals surface area contributed by atoms with Crippen LogP contribution in [0.15, 0.2) is 36.4 Å². The van der Waals surface area contributed by atoms with Crippen LogP contribution in [0.3, 0.4) is 0 Å². The molecule has 1 saturated heterocycles. The number of carbonyl (C=O) groups excluding carboxylic acids is 1. The molecule has 6 heteroatoms. The molecule has 0 radical (unpaired) electrons. The standard InChI is InChI=1S/C29H41N3O3/c1-6-7-8-21-9-11-24(20(2)17-21)31-28(33)30-23-13-14-29(15-16-32(3)27(29)19-23)22-10-12-25(34-4)26(18-22)35-5/h9-12,17-18,23,27H,6-8,13-16,19H2,1-5H3,(H2,30,31,33)/t23-,27+,29+/m1/s1. The third-order valence-electron chi connectivity index (χ3n) is 8.18. The number of nitrogens with zero attached hydrogens (tertiary/aromatic N) is 1. The maximum atomic E-state index is 12.9. The molecule has 1 aliphatic heterocycles. The van der Waals surface area contributed by atoms with E-state index in [1.165, 1.54) is 24.0 Å². The number of ether oxygens (including phenoxy) is 2. The van der Waals surface area contributed by atoms with Crippen molar-refractivity contribution in [3.05, 3.63) is 53.1 Å². The van der Waals surface area contributed by atoms with Crippen LogP contribution in [0.2, 0.25) is 0 Å². The van der Waals surface area contributed by atoms with Gasteiger partial charge in [-0.15, -0.1) is 0 Å². The highest BCUT2D eigenvalue weighted by Gasteiger charge is 2.50. The molecule has 2 fully saturated rings. The Hall–Kier alpha value is -2.73. The van der Waals surface area contributed by atoms with Crippen molar-refractivity contribution in [3.63, 3.8) is 0 Å². The molecule has 2 N–H and O–H groups in total. The van der Waals surface area contributed by atoms with E-state index in [2.05, 4.69) is 60.7 Å². The lowest BCUT2D eigenvalue weighted by Gasteiger charge is -2.45. The lowest BCUT2D eigenvalue weighted by atomic mass is 9.65. The first-order valence-corrected chi connectivity index (χ1v) is 13.0. The Morgan fingerprint density at radius 3 is 2.63 bits per heavy atom. The smallest absolute Gasteiger partial charge is 0.319 e. The van der Waals surface area contributed by atoms with Gasteiger partial charge in [-0.05, 0) is 93.9 Å². The van der Waals surface area contributed by atoms with Crippen LogP contribution in [-0.2, 0) is 11.8 Å². The van der Waals surface area contributed by atoms with Gasteiger partial charge in [0.15, 0.2) is 11.5 Å². The Kier molecular flexibility index (Phi) is 7.90. The van der Waals surface area contributed by atoms with Gasteiger partial charge in [0.1, 0.15) is 0 Å². The van der Waals surface area contributed by atoms with Crippen LogP contribution in [-0.4, -0.2) is 50.8 Å². The zero-order valence-corrected chi connectivity index (χ0v) is 21.9. The van der Waals surface area contributed by atoms with E-state index in [0.29, 0.717) is 6.04 Å². The number of benzene rings is 2. The molecule has 1 heterocycles. The van der Waals surface area contributed by atoms with Crippen LogP contribution in [0.5, 0.6) is 11.5 Å². The molecule has 0 bridgehead atoms. The molecule has 1 saturated carbocycles. The quantitative estimate of drug-likeness (QED) is 0.512. The molecule has 4 rings (SSSR count). The van der Waals surface area contributed by atoms with Gasteiger partial charge >= 0.3 is 6.03 Å². The minimum atomic E-state index is -0.112. The zero-order chi connectivity index (χ0) is 25.0. The molecule has 35 heavy (non-hydrogen) atoms. The average Bonchev–Trinajstić information content (AvgIpc) is 3.20. The third kappa shape index (κ3) is 5.27. The fourth-order valence-electron chi connectivity index (χ4n) is 6.14. The molecule has 2 aliphatic rings. The molecule has 2 aromatic rings. The topological polar surface area (TPSA) is 62.8 Å². The molecule has 190 valence electrons. The van der Waals surface area contributed by atoms with E-state index in [4.69, 9.17) is 9.47 Å². The number of fused-ring (bicyclic) bond motifs is 1. The second-order valence-corrected chi connectivity index (χ2v) is 10.3. The predicted molar refractivity (Wildman–Crippen MR) is 142 cm³/mol. The third-order valence-corrected chi connectivity index (χ3v) is 8.18. The van der Waals surface area contributed by atoms with Crippen molar-refractivity contribution in [2.45, 2.75) is 76.3 Å². The number of amides is 2. The number of unbranched alkanes of at least 4 members (excludes halogenated alkanes) is 1. The summed E-state index contributed by atoms with van der Waals surface area (Å²) in [6.07, 6.45) is 7.51. The summed E-state index contributed by atoms with van der Waals surface area (Å²) >= 11 is 0. The molecule has 2 aromatic carbocycles. The lowest BCUT2D eigenvalue weighted by Crippen LogP contribution is -2.52. The molecule has 1 aliphatic carbocycles. The molecular weight excluding hydrogens is 438 g/mol. The van der Waals surface area contributed by atoms with Crippen molar-refractivity contribution in [1.82, 2.24) is 10.2 Å². The van der Waals surface area contributed by atoms with Gasteiger partial charge in [-0.3, -0.25) is 0 Å². The summed E-state index contributed by atoms with van der Waals surface area (Å²) in [6, 6.07) is 13.1. The first-order valence-electron chi connectivity index (χ1n) is 13.0. The van der Waals surface area contributed by atoms with Gasteiger partial charge in [-0.25, -0.2) is 4.79 Å². The number of carbonyl (C=O) groups is 1. The SMILES string of the molecule is CCCCc1ccc(NC(=O)N[C@@H]2CC[C@@]3(c4ccc(OC)c(OC)c4)CCN(C)[C@H]3C2)c(C)c1. The summed E-state index contributed by atoms with van der Waals surface area (Å²) in [5.74, 6) is 1.54. The summed E-state index contributed by atoms with van der Waals surface area (Å²) in [4.78, 5) is 15.4. The number of nitrogens with one attached hydrogen (secondary N) is 2. The van der Waals surface area contributed by atoms with Crippen molar-refractivity contribution in [1.29, 1.82) is 0 Å². The number of rotatable bonds is 8. The summed E-state index contributed by atoms with van der Waals surface area (Å²) in [5.41, 5.74) is 4.72. The highest BCUT2D eigenvalue weighted by molar-refractivity contribution is 5.90. The number of anilines is 1. The Balaban J connectivity index is 1.43. The first kappa shape index (κ1) is 25.4. The lowest BCUT2D eigenvalue weighted by molar-refractivity contribution is 0.156. The van der Waals surface area contributed by atoms with Crippen molar-refractivity contribution in [2.75, 3.05) is 33.1 Å². The van der Waals surface area contributed by atoms with Gasteiger partial charge in [-0.2, -0.15) is 0 Å². The molecule has 6 nitrogen and oxygen atoms in total. The number of methoxy groups -OCH3 is 2. The highest BCUT2D eigenvalue weighted by Crippen LogP contribution is 2.49. The molecule has 0 unspecified atom stereocenters. The van der Waals surface area contributed by atoms with Crippen LogP contribution >= 0.6 is 0 Å². The van der Waals surface area contributed by atoms with E-state index >= 15 is 0 Å². The number of urea groups is 1. The molecular formula is C29H41N3O3. The van der Waals surface area contributed by atoms with E-state index in [0.717, 1.165) is 61.4 Å². The minimum Gasteiger partial charge on any atom is -0.493 e. The van der Waals surface area contributed by atoms with Gasteiger partial charge in [-0.1, -0.05) is 31.5 Å². The van der Waals surface area contributed by atoms with Crippen molar-refractivity contribution in [2.24, 2.45) is 0 Å². The fourth-order valence-corrected chi connectivity index (χ4v) is 6.14. The van der Waals surface area contributed by atoms with E-state index in [-0.39, 0.29) is 17.5 Å². The summed E-state index contributed by atoms with van der Waals surface area (Å²) < 4.78 is 11.1. The number of hydrogen-bond acceptors (Lipinski definition) is 4. The van der Waals surface area contributed by atoms with Crippen molar-refractivity contribution < 1.29 is 14.3 Å². The minimum absolute atomic E-state index is 0.0772. The summed E-state index contributed by atoms with van der Waals surface area (Å²) in [5, 5.41) is 6.35. The fraction of sp³-hybridized carbons (Fsp3) is 0.552. The van der Waals surface area contributed by atoms with Gasteiger partial charge in [0, 0.05) is 23.2 Å². The number of hydrogen-bond donors (Lipinski definition) is 2. The van der Waals surface area contributed by atoms with Crippen molar-refractivity contribution >= 4 is 11.7 Å². The Morgan fingerprint density at radius 2 is 1.91 bits per heavy atom. The van der Waals surface area contributed by atoms with E-state index in [9.17, 15) is 4.79 Å².